The Morgan fingerprint density at radius 1 is 0.915 bits per heavy atom. The van der Waals surface area contributed by atoms with Crippen LogP contribution in [0.15, 0.2) is 78.1 Å². The van der Waals surface area contributed by atoms with Crippen molar-refractivity contribution in [2.75, 3.05) is 7.11 Å². The molecule has 0 saturated heterocycles. The Bertz CT molecular complexity index is 1820. The molecule has 246 valence electrons. The number of carboxylic acids is 1. The molecule has 9 heteroatoms. The summed E-state index contributed by atoms with van der Waals surface area (Å²) in [4.78, 5) is 27.0. The van der Waals surface area contributed by atoms with Gasteiger partial charge in [-0.3, -0.25) is 14.8 Å². The number of aryl methyl sites for hydroxylation is 1. The lowest BCUT2D eigenvalue weighted by atomic mass is 9.78. The number of pyridine rings is 1. The summed E-state index contributed by atoms with van der Waals surface area (Å²) in [7, 11) is 1.61. The largest absolute Gasteiger partial charge is 0.487 e. The molecule has 1 N–H and O–H groups in total. The predicted octanol–water partition coefficient (Wildman–Crippen LogP) is 8.76. The van der Waals surface area contributed by atoms with E-state index in [9.17, 15) is 9.90 Å². The van der Waals surface area contributed by atoms with Crippen LogP contribution in [-0.2, 0) is 24.4 Å². The fraction of sp³-hybridized carbons (Fsp3) is 0.368. The lowest BCUT2D eigenvalue weighted by molar-refractivity contribution is -0.149. The van der Waals surface area contributed by atoms with Crippen LogP contribution in [0.3, 0.4) is 0 Å². The molecule has 0 saturated carbocycles. The first-order chi connectivity index (χ1) is 22.4. The van der Waals surface area contributed by atoms with E-state index in [4.69, 9.17) is 9.47 Å². The van der Waals surface area contributed by atoms with Gasteiger partial charge in [-0.25, -0.2) is 4.98 Å². The molecule has 2 aromatic carbocycles. The third-order valence-electron chi connectivity index (χ3n) is 8.61. The van der Waals surface area contributed by atoms with Crippen molar-refractivity contribution in [3.05, 3.63) is 95.8 Å². The fourth-order valence-corrected chi connectivity index (χ4v) is 6.91. The van der Waals surface area contributed by atoms with Crippen LogP contribution in [0, 0.1) is 12.3 Å². The molecule has 0 unspecified atom stereocenters. The fourth-order valence-electron chi connectivity index (χ4n) is 5.73. The number of methoxy groups -OCH3 is 1. The first kappa shape index (κ1) is 34.0. The van der Waals surface area contributed by atoms with Crippen molar-refractivity contribution < 1.29 is 19.4 Å². The Kier molecular flexibility index (Phi) is 10.2. The normalized spacial score (nSPS) is 12.0. The zero-order valence-electron chi connectivity index (χ0n) is 28.3. The number of fused-ring (bicyclic) bond motifs is 1. The van der Waals surface area contributed by atoms with E-state index in [-0.39, 0.29) is 4.75 Å². The van der Waals surface area contributed by atoms with Gasteiger partial charge in [0.05, 0.1) is 30.1 Å². The van der Waals surface area contributed by atoms with Gasteiger partial charge in [-0.05, 0) is 55.2 Å². The molecule has 0 aliphatic heterocycles. The molecule has 0 amide bonds. The Hall–Kier alpha value is -4.37. The molecule has 0 bridgehead atoms. The molecule has 0 fully saturated rings. The van der Waals surface area contributed by atoms with E-state index in [0.29, 0.717) is 38.3 Å². The number of aliphatic carboxylic acids is 1. The molecule has 8 nitrogen and oxygen atoms in total. The maximum Gasteiger partial charge on any atom is 0.310 e. The van der Waals surface area contributed by atoms with Crippen molar-refractivity contribution in [3.63, 3.8) is 0 Å². The number of rotatable bonds is 13. The summed E-state index contributed by atoms with van der Waals surface area (Å²) in [6, 6.07) is 18.5. The zero-order valence-corrected chi connectivity index (χ0v) is 29.1. The van der Waals surface area contributed by atoms with E-state index in [2.05, 4.69) is 76.7 Å². The summed E-state index contributed by atoms with van der Waals surface area (Å²) in [5.41, 5.74) is 6.00. The van der Waals surface area contributed by atoms with Gasteiger partial charge in [0.1, 0.15) is 12.4 Å². The molecule has 0 aliphatic rings. The molecular weight excluding hydrogens is 609 g/mol. The quantitative estimate of drug-likeness (QED) is 0.126. The van der Waals surface area contributed by atoms with Crippen molar-refractivity contribution in [1.82, 2.24) is 19.5 Å². The Morgan fingerprint density at radius 2 is 1.64 bits per heavy atom. The van der Waals surface area contributed by atoms with Crippen LogP contribution in [0.4, 0.5) is 0 Å². The van der Waals surface area contributed by atoms with E-state index < -0.39 is 11.4 Å². The smallest absolute Gasteiger partial charge is 0.310 e. The molecule has 0 atom stereocenters. The highest BCUT2D eigenvalue weighted by Crippen LogP contribution is 2.45. The summed E-state index contributed by atoms with van der Waals surface area (Å²) >= 11 is 1.78. The topological polar surface area (TPSA) is 99.4 Å². The van der Waals surface area contributed by atoms with Gasteiger partial charge >= 0.3 is 5.97 Å². The third-order valence-corrected chi connectivity index (χ3v) is 9.88. The SMILES string of the molecule is CCC(CC)(Cc1c(SC(C)(C)C)c2cc(OCc3cnc(C)cn3)ccc2n1Cc1ccc(-c2ccc(OC)nc2)cc1)C(=O)O. The minimum absolute atomic E-state index is 0.111. The molecule has 0 spiro atoms. The van der Waals surface area contributed by atoms with Crippen molar-refractivity contribution in [2.45, 2.75) is 83.6 Å². The van der Waals surface area contributed by atoms with Crippen LogP contribution in [0.1, 0.15) is 70.1 Å². The van der Waals surface area contributed by atoms with Gasteiger partial charge < -0.3 is 19.1 Å². The second-order valence-corrected chi connectivity index (χ2v) is 14.8. The summed E-state index contributed by atoms with van der Waals surface area (Å²) in [5, 5.41) is 11.6. The molecule has 3 heterocycles. The minimum Gasteiger partial charge on any atom is -0.487 e. The minimum atomic E-state index is -0.881. The lowest BCUT2D eigenvalue weighted by Crippen LogP contribution is -2.33. The number of hydrogen-bond acceptors (Lipinski definition) is 7. The second-order valence-electron chi connectivity index (χ2n) is 12.9. The number of carboxylic acid groups (broad SMARTS) is 1. The summed E-state index contributed by atoms with van der Waals surface area (Å²) in [5.74, 6) is 0.550. The van der Waals surface area contributed by atoms with Crippen LogP contribution in [-0.4, -0.2) is 42.5 Å². The van der Waals surface area contributed by atoms with E-state index in [0.717, 1.165) is 55.3 Å². The van der Waals surface area contributed by atoms with E-state index in [1.807, 2.05) is 45.2 Å². The molecule has 0 aliphatic carbocycles. The molecule has 3 aromatic heterocycles. The number of benzene rings is 2. The summed E-state index contributed by atoms with van der Waals surface area (Å²) in [6.45, 7) is 13.3. The van der Waals surface area contributed by atoms with Crippen LogP contribution < -0.4 is 9.47 Å². The van der Waals surface area contributed by atoms with Crippen molar-refractivity contribution in [2.24, 2.45) is 5.41 Å². The molecule has 5 aromatic rings. The average Bonchev–Trinajstić information content (AvgIpc) is 3.32. The number of ether oxygens (including phenoxy) is 2. The highest BCUT2D eigenvalue weighted by molar-refractivity contribution is 8.00. The first-order valence-corrected chi connectivity index (χ1v) is 16.8. The average molecular weight is 653 g/mol. The first-order valence-electron chi connectivity index (χ1n) is 16.0. The highest BCUT2D eigenvalue weighted by atomic mass is 32.2. The van der Waals surface area contributed by atoms with Crippen LogP contribution >= 0.6 is 11.8 Å². The standard InChI is InChI=1S/C38H44N4O4S/c1-8-38(9-2,36(43)44)19-33-35(47-37(4,5)6)31-18-30(46-24-29-22-39-25(3)20-40-29)15-16-32(31)42(33)23-26-10-12-27(13-11-26)28-14-17-34(45-7)41-21-28/h10-18,20-22H,8-9,19,23-24H2,1-7H3,(H,43,44). The maximum absolute atomic E-state index is 12.8. The maximum atomic E-state index is 12.8. The van der Waals surface area contributed by atoms with Crippen LogP contribution in [0.5, 0.6) is 11.6 Å². The second kappa shape index (κ2) is 14.2. The summed E-state index contributed by atoms with van der Waals surface area (Å²) < 4.78 is 13.6. The van der Waals surface area contributed by atoms with E-state index in [1.165, 1.54) is 0 Å². The van der Waals surface area contributed by atoms with Crippen LogP contribution in [0.25, 0.3) is 22.0 Å². The Balaban J connectivity index is 1.60. The molecule has 5 rings (SSSR count). The van der Waals surface area contributed by atoms with Gasteiger partial charge in [0.15, 0.2) is 0 Å². The van der Waals surface area contributed by atoms with Crippen molar-refractivity contribution >= 4 is 28.6 Å². The van der Waals surface area contributed by atoms with Crippen molar-refractivity contribution in [1.29, 1.82) is 0 Å². The molecule has 47 heavy (non-hydrogen) atoms. The van der Waals surface area contributed by atoms with Gasteiger partial charge in [0.2, 0.25) is 5.88 Å². The number of aromatic nitrogens is 4. The number of hydrogen-bond donors (Lipinski definition) is 1. The van der Waals surface area contributed by atoms with Crippen LogP contribution in [0.2, 0.25) is 0 Å². The van der Waals surface area contributed by atoms with Gasteiger partial charge in [0.25, 0.3) is 0 Å². The highest BCUT2D eigenvalue weighted by Gasteiger charge is 2.38. The Morgan fingerprint density at radius 3 is 2.21 bits per heavy atom. The van der Waals surface area contributed by atoms with E-state index >= 15 is 0 Å². The predicted molar refractivity (Wildman–Crippen MR) is 188 cm³/mol. The third kappa shape index (κ3) is 7.79. The van der Waals surface area contributed by atoms with Gasteiger partial charge in [-0.2, -0.15) is 0 Å². The number of carbonyl (C=O) groups is 1. The summed E-state index contributed by atoms with van der Waals surface area (Å²) in [6.07, 6.45) is 6.79. The molecule has 0 radical (unpaired) electrons. The Labute approximate surface area is 281 Å². The van der Waals surface area contributed by atoms with Gasteiger partial charge in [0, 0.05) is 63.2 Å². The van der Waals surface area contributed by atoms with E-state index in [1.54, 1.807) is 31.3 Å². The number of thioether (sulfide) groups is 1. The zero-order chi connectivity index (χ0) is 33.8. The molecular formula is C38H44N4O4S. The van der Waals surface area contributed by atoms with Gasteiger partial charge in [-0.1, -0.05) is 58.9 Å². The monoisotopic (exact) mass is 652 g/mol. The van der Waals surface area contributed by atoms with Crippen molar-refractivity contribution in [3.8, 4) is 22.8 Å². The number of nitrogens with zero attached hydrogens (tertiary/aromatic N) is 4. The van der Waals surface area contributed by atoms with Gasteiger partial charge in [-0.15, -0.1) is 11.8 Å². The lowest BCUT2D eigenvalue weighted by Gasteiger charge is -2.29.